The lowest BCUT2D eigenvalue weighted by molar-refractivity contribution is 0.890. The van der Waals surface area contributed by atoms with Crippen molar-refractivity contribution in [2.45, 2.75) is 47.6 Å². The van der Waals surface area contributed by atoms with Crippen LogP contribution in [0.2, 0.25) is 0 Å². The van der Waals surface area contributed by atoms with Crippen LogP contribution in [0.25, 0.3) is 16.9 Å². The van der Waals surface area contributed by atoms with Gasteiger partial charge in [-0.15, -0.1) is 0 Å². The molecule has 2 aromatic carbocycles. The zero-order chi connectivity index (χ0) is 22.8. The van der Waals surface area contributed by atoms with Gasteiger partial charge in [0.1, 0.15) is 12.1 Å². The third kappa shape index (κ3) is 6.51. The minimum Gasteiger partial charge on any atom is -0.348 e. The van der Waals surface area contributed by atoms with Crippen LogP contribution in [0, 0.1) is 13.8 Å². The predicted molar refractivity (Wildman–Crippen MR) is 134 cm³/mol. The first-order chi connectivity index (χ1) is 15.0. The number of rotatable bonds is 4. The summed E-state index contributed by atoms with van der Waals surface area (Å²) in [5.74, 6) is 1.37. The van der Waals surface area contributed by atoms with Crippen molar-refractivity contribution in [1.82, 2.24) is 19.5 Å². The Morgan fingerprint density at radius 2 is 1.58 bits per heavy atom. The Hall–Kier alpha value is -3.47. The maximum absolute atomic E-state index is 4.55. The van der Waals surface area contributed by atoms with Crippen molar-refractivity contribution in [2.24, 2.45) is 0 Å². The molecule has 0 saturated carbocycles. The van der Waals surface area contributed by atoms with Gasteiger partial charge >= 0.3 is 0 Å². The number of fused-ring (bicyclic) bond motifs is 1. The van der Waals surface area contributed by atoms with Crippen LogP contribution in [0.3, 0.4) is 0 Å². The Balaban J connectivity index is 0.000000393. The van der Waals surface area contributed by atoms with E-state index < -0.39 is 0 Å². The first-order valence-corrected chi connectivity index (χ1v) is 10.7. The molecule has 1 unspecified atom stereocenters. The van der Waals surface area contributed by atoms with Crippen molar-refractivity contribution >= 4 is 17.0 Å². The molecule has 31 heavy (non-hydrogen) atoms. The van der Waals surface area contributed by atoms with Crippen LogP contribution in [-0.2, 0) is 0 Å². The molecule has 1 N–H and O–H groups in total. The van der Waals surface area contributed by atoms with E-state index in [4.69, 9.17) is 0 Å². The Morgan fingerprint density at radius 1 is 0.968 bits per heavy atom. The molecule has 0 radical (unpaired) electrons. The van der Waals surface area contributed by atoms with Gasteiger partial charge in [0.15, 0.2) is 0 Å². The van der Waals surface area contributed by atoms with E-state index in [-0.39, 0.29) is 7.47 Å². The van der Waals surface area contributed by atoms with Gasteiger partial charge < -0.3 is 5.32 Å². The minimum absolute atomic E-state index is 0. The van der Waals surface area contributed by atoms with Gasteiger partial charge in [-0.2, -0.15) is 4.98 Å². The van der Waals surface area contributed by atoms with E-state index in [2.05, 4.69) is 65.0 Å². The highest BCUT2D eigenvalue weighted by atomic mass is 15.2. The van der Waals surface area contributed by atoms with E-state index in [0.29, 0.717) is 5.95 Å². The molecule has 0 aliphatic rings. The van der Waals surface area contributed by atoms with Gasteiger partial charge in [-0.1, -0.05) is 62.4 Å². The van der Waals surface area contributed by atoms with E-state index in [1.165, 1.54) is 11.1 Å². The molecule has 0 aliphatic heterocycles. The zero-order valence-electron chi connectivity index (χ0n) is 19.4. The lowest BCUT2D eigenvalue weighted by Gasteiger charge is -2.14. The zero-order valence-corrected chi connectivity index (χ0v) is 19.4. The fourth-order valence-corrected chi connectivity index (χ4v) is 2.67. The quantitative estimate of drug-likeness (QED) is 0.372. The Morgan fingerprint density at radius 3 is 2.19 bits per heavy atom. The van der Waals surface area contributed by atoms with Crippen LogP contribution in [-0.4, -0.2) is 25.6 Å². The number of hydrogen-bond donors (Lipinski definition) is 1. The summed E-state index contributed by atoms with van der Waals surface area (Å²) in [7, 11) is 0. The lowest BCUT2D eigenvalue weighted by atomic mass is 10.1. The lowest BCUT2D eigenvalue weighted by Crippen LogP contribution is -2.18. The van der Waals surface area contributed by atoms with E-state index in [1.54, 1.807) is 12.5 Å². The van der Waals surface area contributed by atoms with Gasteiger partial charge in [-0.3, -0.25) is 4.57 Å². The smallest absolute Gasteiger partial charge is 0.225 e. The predicted octanol–water partition coefficient (Wildman–Crippen LogP) is 6.77. The second-order valence-corrected chi connectivity index (χ2v) is 7.14. The number of hydrogen-bond acceptors (Lipinski definition) is 4. The molecule has 164 valence electrons. The monoisotopic (exact) mass is 417 g/mol. The van der Waals surface area contributed by atoms with Gasteiger partial charge in [0.05, 0.1) is 11.0 Å². The molecule has 1 atom stereocenters. The average Bonchev–Trinajstić information content (AvgIpc) is 3.22. The molecular formula is C26H35N5. The molecule has 4 rings (SSSR count). The van der Waals surface area contributed by atoms with Crippen LogP contribution in [0.15, 0.2) is 79.3 Å². The van der Waals surface area contributed by atoms with Gasteiger partial charge in [0, 0.05) is 13.7 Å². The highest BCUT2D eigenvalue weighted by Crippen LogP contribution is 2.17. The SMILES string of the molecule is C=C(C)C(C)Nc1nccc(-n2cnc3ccccc32)n1.CC.Cc1ccccc1C.[HH]. The maximum atomic E-state index is 4.55. The fraction of sp³-hybridized carbons (Fsp3) is 0.269. The maximum Gasteiger partial charge on any atom is 0.225 e. The van der Waals surface area contributed by atoms with E-state index >= 15 is 0 Å². The number of aryl methyl sites for hydroxylation is 2. The van der Waals surface area contributed by atoms with Crippen LogP contribution in [0.4, 0.5) is 5.95 Å². The number of imidazole rings is 1. The summed E-state index contributed by atoms with van der Waals surface area (Å²) in [5.41, 5.74) is 5.74. The van der Waals surface area contributed by atoms with Crippen LogP contribution < -0.4 is 5.32 Å². The Kier molecular flexibility index (Phi) is 8.94. The first-order valence-electron chi connectivity index (χ1n) is 10.7. The van der Waals surface area contributed by atoms with Crippen molar-refractivity contribution < 1.29 is 1.43 Å². The summed E-state index contributed by atoms with van der Waals surface area (Å²) in [5, 5.41) is 3.24. The molecule has 0 saturated heterocycles. The van der Waals surface area contributed by atoms with Crippen molar-refractivity contribution in [3.05, 3.63) is 90.4 Å². The summed E-state index contributed by atoms with van der Waals surface area (Å²) in [6.45, 7) is 16.2. The van der Waals surface area contributed by atoms with Crippen LogP contribution >= 0.6 is 0 Å². The largest absolute Gasteiger partial charge is 0.348 e. The van der Waals surface area contributed by atoms with E-state index in [1.807, 2.05) is 62.6 Å². The second kappa shape index (κ2) is 11.6. The highest BCUT2D eigenvalue weighted by Gasteiger charge is 2.08. The van der Waals surface area contributed by atoms with Crippen LogP contribution in [0.1, 0.15) is 40.2 Å². The molecule has 4 aromatic rings. The Labute approximate surface area is 187 Å². The Bertz CT molecular complexity index is 1100. The first kappa shape index (κ1) is 23.8. The summed E-state index contributed by atoms with van der Waals surface area (Å²) < 4.78 is 1.95. The third-order valence-corrected chi connectivity index (χ3v) is 4.85. The number of para-hydroxylation sites is 2. The van der Waals surface area contributed by atoms with Crippen molar-refractivity contribution in [2.75, 3.05) is 5.32 Å². The minimum atomic E-state index is 0. The molecule has 2 aromatic heterocycles. The molecular weight excluding hydrogens is 382 g/mol. The topological polar surface area (TPSA) is 55.6 Å². The highest BCUT2D eigenvalue weighted by molar-refractivity contribution is 5.76. The number of nitrogens with one attached hydrogen (secondary N) is 1. The van der Waals surface area contributed by atoms with Gasteiger partial charge in [-0.05, 0) is 57.0 Å². The molecule has 0 amide bonds. The van der Waals surface area contributed by atoms with Crippen molar-refractivity contribution in [3.63, 3.8) is 0 Å². The summed E-state index contributed by atoms with van der Waals surface area (Å²) in [4.78, 5) is 13.2. The van der Waals surface area contributed by atoms with E-state index in [9.17, 15) is 0 Å². The number of aromatic nitrogens is 4. The molecule has 5 nitrogen and oxygen atoms in total. The number of benzene rings is 2. The summed E-state index contributed by atoms with van der Waals surface area (Å²) in [6, 6.07) is 18.3. The van der Waals surface area contributed by atoms with Crippen LogP contribution in [0.5, 0.6) is 0 Å². The average molecular weight is 418 g/mol. The second-order valence-electron chi connectivity index (χ2n) is 7.14. The van der Waals surface area contributed by atoms with Gasteiger partial charge in [0.25, 0.3) is 0 Å². The third-order valence-electron chi connectivity index (χ3n) is 4.85. The fourth-order valence-electron chi connectivity index (χ4n) is 2.67. The summed E-state index contributed by atoms with van der Waals surface area (Å²) in [6.07, 6.45) is 3.52. The number of anilines is 1. The molecule has 0 fully saturated rings. The number of nitrogens with zero attached hydrogens (tertiary/aromatic N) is 4. The normalized spacial score (nSPS) is 10.9. The van der Waals surface area contributed by atoms with Gasteiger partial charge in [-0.25, -0.2) is 9.97 Å². The van der Waals surface area contributed by atoms with Gasteiger partial charge in [0.2, 0.25) is 5.95 Å². The van der Waals surface area contributed by atoms with Crippen molar-refractivity contribution in [1.29, 1.82) is 0 Å². The molecule has 0 spiro atoms. The molecule has 0 aliphatic carbocycles. The van der Waals surface area contributed by atoms with E-state index in [0.717, 1.165) is 22.4 Å². The standard InChI is InChI=1S/C16H17N5.C8H10.C2H6.H2/c1-11(2)12(3)19-16-17-9-8-15(20-16)21-10-18-13-6-4-5-7-14(13)21;1-7-5-3-4-6-8(7)2;1-2;/h4-10,12H,1H2,2-3H3,(H,17,19,20);3-6H,1-2H3;1-2H3;1H. The molecule has 5 heteroatoms. The molecule has 2 heterocycles. The molecule has 0 bridgehead atoms. The summed E-state index contributed by atoms with van der Waals surface area (Å²) >= 11 is 0. The van der Waals surface area contributed by atoms with Crippen molar-refractivity contribution in [3.8, 4) is 5.82 Å².